The highest BCUT2D eigenvalue weighted by Crippen LogP contribution is 2.26. The summed E-state index contributed by atoms with van der Waals surface area (Å²) in [4.78, 5) is 11.1. The van der Waals surface area contributed by atoms with Gasteiger partial charge in [-0.05, 0) is 48.9 Å². The highest BCUT2D eigenvalue weighted by molar-refractivity contribution is 6.31. The monoisotopic (exact) mass is 279 g/mol. The number of benzene rings is 2. The van der Waals surface area contributed by atoms with Crippen molar-refractivity contribution in [1.29, 1.82) is 0 Å². The van der Waals surface area contributed by atoms with Gasteiger partial charge in [0, 0.05) is 10.7 Å². The molecule has 0 heterocycles. The van der Waals surface area contributed by atoms with Crippen LogP contribution in [-0.2, 0) is 0 Å². The number of rotatable bonds is 3. The lowest BCUT2D eigenvalue weighted by molar-refractivity contribution is 0.0698. The van der Waals surface area contributed by atoms with E-state index in [4.69, 9.17) is 16.7 Å². The molecule has 2 aromatic rings. The Hall–Kier alpha value is -2.07. The molecule has 0 fully saturated rings. The highest BCUT2D eigenvalue weighted by atomic mass is 35.5. The minimum absolute atomic E-state index is 0.105. The van der Waals surface area contributed by atoms with E-state index < -0.39 is 5.97 Å². The van der Waals surface area contributed by atoms with Gasteiger partial charge < -0.3 is 10.4 Å². The fourth-order valence-corrected chi connectivity index (χ4v) is 1.89. The third-order valence-corrected chi connectivity index (χ3v) is 2.90. The molecule has 0 radical (unpaired) electrons. The van der Waals surface area contributed by atoms with Crippen molar-refractivity contribution in [3.8, 4) is 0 Å². The molecule has 19 heavy (non-hydrogen) atoms. The first-order valence-corrected chi connectivity index (χ1v) is 5.91. The minimum Gasteiger partial charge on any atom is -0.478 e. The van der Waals surface area contributed by atoms with Crippen LogP contribution in [0.2, 0.25) is 5.02 Å². The summed E-state index contributed by atoms with van der Waals surface area (Å²) in [6, 6.07) is 8.68. The Balaban J connectivity index is 2.42. The molecule has 0 atom stereocenters. The van der Waals surface area contributed by atoms with Gasteiger partial charge in [0.1, 0.15) is 5.82 Å². The number of carboxylic acid groups (broad SMARTS) is 1. The number of hydrogen-bond acceptors (Lipinski definition) is 2. The van der Waals surface area contributed by atoms with Crippen LogP contribution in [0, 0.1) is 12.7 Å². The van der Waals surface area contributed by atoms with Crippen molar-refractivity contribution >= 4 is 28.9 Å². The van der Waals surface area contributed by atoms with Crippen LogP contribution in [0.3, 0.4) is 0 Å². The molecular weight excluding hydrogens is 269 g/mol. The summed E-state index contributed by atoms with van der Waals surface area (Å²) in [7, 11) is 0. The molecule has 2 rings (SSSR count). The van der Waals surface area contributed by atoms with Crippen molar-refractivity contribution in [1.82, 2.24) is 0 Å². The van der Waals surface area contributed by atoms with Crippen LogP contribution in [0.4, 0.5) is 15.8 Å². The van der Waals surface area contributed by atoms with E-state index in [-0.39, 0.29) is 11.4 Å². The number of nitrogens with one attached hydrogen (secondary N) is 1. The number of aromatic carboxylic acids is 1. The Bertz CT molecular complexity index is 643. The van der Waals surface area contributed by atoms with Crippen molar-refractivity contribution in [2.24, 2.45) is 0 Å². The zero-order chi connectivity index (χ0) is 14.0. The van der Waals surface area contributed by atoms with Gasteiger partial charge in [-0.25, -0.2) is 9.18 Å². The van der Waals surface area contributed by atoms with Gasteiger partial charge in [0.05, 0.1) is 11.3 Å². The molecule has 2 aromatic carbocycles. The van der Waals surface area contributed by atoms with E-state index in [0.29, 0.717) is 22.0 Å². The van der Waals surface area contributed by atoms with Crippen molar-refractivity contribution in [2.45, 2.75) is 6.92 Å². The summed E-state index contributed by atoms with van der Waals surface area (Å²) >= 11 is 5.86. The zero-order valence-electron chi connectivity index (χ0n) is 10.1. The number of anilines is 2. The summed E-state index contributed by atoms with van der Waals surface area (Å²) in [5.74, 6) is -1.40. The summed E-state index contributed by atoms with van der Waals surface area (Å²) < 4.78 is 13.0. The molecule has 0 aliphatic rings. The molecule has 5 heteroatoms. The topological polar surface area (TPSA) is 49.3 Å². The molecule has 0 unspecified atom stereocenters. The number of hydrogen-bond donors (Lipinski definition) is 2. The second kappa shape index (κ2) is 5.28. The van der Waals surface area contributed by atoms with E-state index in [1.165, 1.54) is 30.3 Å². The SMILES string of the molecule is Cc1cc(F)ccc1Nc1cc(Cl)ccc1C(=O)O. The second-order valence-corrected chi connectivity index (χ2v) is 4.52. The van der Waals surface area contributed by atoms with Crippen LogP contribution in [0.25, 0.3) is 0 Å². The largest absolute Gasteiger partial charge is 0.478 e. The average Bonchev–Trinajstić information content (AvgIpc) is 2.32. The smallest absolute Gasteiger partial charge is 0.337 e. The quantitative estimate of drug-likeness (QED) is 0.884. The summed E-state index contributed by atoms with van der Waals surface area (Å²) in [5.41, 5.74) is 1.78. The standard InChI is InChI=1S/C14H11ClFNO2/c1-8-6-10(16)3-5-12(8)17-13-7-9(15)2-4-11(13)14(18)19/h2-7,17H,1H3,(H,18,19). The molecule has 0 amide bonds. The van der Waals surface area contributed by atoms with Crippen LogP contribution >= 0.6 is 11.6 Å². The maximum absolute atomic E-state index is 13.0. The van der Waals surface area contributed by atoms with Gasteiger partial charge in [0.15, 0.2) is 0 Å². The first kappa shape index (κ1) is 13.4. The maximum Gasteiger partial charge on any atom is 0.337 e. The Morgan fingerprint density at radius 1 is 1.21 bits per heavy atom. The molecule has 0 bridgehead atoms. The minimum atomic E-state index is -1.06. The average molecular weight is 280 g/mol. The molecule has 0 saturated heterocycles. The van der Waals surface area contributed by atoms with Gasteiger partial charge in [-0.3, -0.25) is 0 Å². The number of carbonyl (C=O) groups is 1. The summed E-state index contributed by atoms with van der Waals surface area (Å²) in [6.07, 6.45) is 0. The van der Waals surface area contributed by atoms with E-state index >= 15 is 0 Å². The molecule has 2 N–H and O–H groups in total. The lowest BCUT2D eigenvalue weighted by Crippen LogP contribution is -2.03. The highest BCUT2D eigenvalue weighted by Gasteiger charge is 2.11. The number of halogens is 2. The van der Waals surface area contributed by atoms with E-state index in [2.05, 4.69) is 5.32 Å². The van der Waals surface area contributed by atoms with Gasteiger partial charge in [-0.15, -0.1) is 0 Å². The Kier molecular flexibility index (Phi) is 3.71. The Labute approximate surface area is 114 Å². The Morgan fingerprint density at radius 3 is 2.58 bits per heavy atom. The first-order valence-electron chi connectivity index (χ1n) is 5.53. The van der Waals surface area contributed by atoms with Crippen LogP contribution in [0.5, 0.6) is 0 Å². The van der Waals surface area contributed by atoms with E-state index in [9.17, 15) is 9.18 Å². The lowest BCUT2D eigenvalue weighted by Gasteiger charge is -2.12. The van der Waals surface area contributed by atoms with Crippen molar-refractivity contribution in [3.05, 3.63) is 58.4 Å². The van der Waals surface area contributed by atoms with E-state index in [1.807, 2.05) is 0 Å². The molecular formula is C14H11ClFNO2. The second-order valence-electron chi connectivity index (χ2n) is 4.08. The fourth-order valence-electron chi connectivity index (χ4n) is 1.72. The Morgan fingerprint density at radius 2 is 1.95 bits per heavy atom. The fraction of sp³-hybridized carbons (Fsp3) is 0.0714. The summed E-state index contributed by atoms with van der Waals surface area (Å²) in [6.45, 7) is 1.73. The first-order chi connectivity index (χ1) is 8.97. The molecule has 0 saturated carbocycles. The molecule has 3 nitrogen and oxygen atoms in total. The number of aryl methyl sites for hydroxylation is 1. The maximum atomic E-state index is 13.0. The van der Waals surface area contributed by atoms with Crippen molar-refractivity contribution < 1.29 is 14.3 Å². The normalized spacial score (nSPS) is 10.3. The lowest BCUT2D eigenvalue weighted by atomic mass is 10.1. The molecule has 0 spiro atoms. The third kappa shape index (κ3) is 3.03. The van der Waals surface area contributed by atoms with Crippen molar-refractivity contribution in [2.75, 3.05) is 5.32 Å². The van der Waals surface area contributed by atoms with E-state index in [0.717, 1.165) is 0 Å². The van der Waals surface area contributed by atoms with Gasteiger partial charge in [-0.2, -0.15) is 0 Å². The van der Waals surface area contributed by atoms with Crippen LogP contribution in [-0.4, -0.2) is 11.1 Å². The van der Waals surface area contributed by atoms with Crippen molar-refractivity contribution in [3.63, 3.8) is 0 Å². The molecule has 98 valence electrons. The van der Waals surface area contributed by atoms with Crippen LogP contribution < -0.4 is 5.32 Å². The van der Waals surface area contributed by atoms with Gasteiger partial charge in [0.25, 0.3) is 0 Å². The van der Waals surface area contributed by atoms with Crippen LogP contribution in [0.1, 0.15) is 15.9 Å². The summed E-state index contributed by atoms with van der Waals surface area (Å²) in [5, 5.41) is 12.5. The van der Waals surface area contributed by atoms with E-state index in [1.54, 1.807) is 13.0 Å². The van der Waals surface area contributed by atoms with Gasteiger partial charge >= 0.3 is 5.97 Å². The molecule has 0 aromatic heterocycles. The van der Waals surface area contributed by atoms with Gasteiger partial charge in [-0.1, -0.05) is 11.6 Å². The van der Waals surface area contributed by atoms with Crippen LogP contribution in [0.15, 0.2) is 36.4 Å². The zero-order valence-corrected chi connectivity index (χ0v) is 10.8. The van der Waals surface area contributed by atoms with Gasteiger partial charge in [0.2, 0.25) is 0 Å². The predicted octanol–water partition coefficient (Wildman–Crippen LogP) is 4.23. The molecule has 0 aliphatic heterocycles. The molecule has 0 aliphatic carbocycles. The predicted molar refractivity (Wildman–Crippen MR) is 72.8 cm³/mol. The number of carboxylic acids is 1. The third-order valence-electron chi connectivity index (χ3n) is 2.67.